The number of hydrogen-bond donors (Lipinski definition) is 3. The topological polar surface area (TPSA) is 90.9 Å². The molecule has 1 heterocycles. The highest BCUT2D eigenvalue weighted by Crippen LogP contribution is 2.03. The second-order valence-corrected chi connectivity index (χ2v) is 6.09. The third kappa shape index (κ3) is 12.5. The molecule has 1 aromatic heterocycles. The van der Waals surface area contributed by atoms with Crippen molar-refractivity contribution in [1.29, 1.82) is 0 Å². The molecule has 9 heteroatoms. The van der Waals surface area contributed by atoms with E-state index in [1.165, 1.54) is 0 Å². The summed E-state index contributed by atoms with van der Waals surface area (Å²) in [4.78, 5) is 22.5. The fourth-order valence-electron chi connectivity index (χ4n) is 2.22. The average Bonchev–Trinajstić information content (AvgIpc) is 2.62. The molecular weight excluding hydrogens is 459 g/mol. The second kappa shape index (κ2) is 15.6. The number of rotatable bonds is 11. The van der Waals surface area contributed by atoms with Gasteiger partial charge in [-0.1, -0.05) is 6.07 Å². The van der Waals surface area contributed by atoms with Crippen LogP contribution in [0, 0.1) is 6.92 Å². The summed E-state index contributed by atoms with van der Waals surface area (Å²) in [5.74, 6) is 1.18. The molecule has 154 valence electrons. The first-order chi connectivity index (χ1) is 12.5. The lowest BCUT2D eigenvalue weighted by Gasteiger charge is -2.18. The van der Waals surface area contributed by atoms with Crippen LogP contribution in [0.3, 0.4) is 0 Å². The molecule has 0 atom stereocenters. The van der Waals surface area contributed by atoms with Gasteiger partial charge in [-0.3, -0.25) is 9.79 Å². The summed E-state index contributed by atoms with van der Waals surface area (Å²) in [6.45, 7) is 5.92. The van der Waals surface area contributed by atoms with Crippen LogP contribution in [0.25, 0.3) is 0 Å². The third-order valence-corrected chi connectivity index (χ3v) is 3.72. The highest BCUT2D eigenvalue weighted by atomic mass is 127. The zero-order chi connectivity index (χ0) is 19.2. The van der Waals surface area contributed by atoms with Gasteiger partial charge in [-0.2, -0.15) is 0 Å². The monoisotopic (exact) mass is 492 g/mol. The van der Waals surface area contributed by atoms with Gasteiger partial charge in [0.2, 0.25) is 5.91 Å². The predicted octanol–water partition coefficient (Wildman–Crippen LogP) is 1.47. The van der Waals surface area contributed by atoms with Crippen LogP contribution in [-0.4, -0.2) is 75.7 Å². The number of pyridine rings is 1. The Morgan fingerprint density at radius 1 is 1.26 bits per heavy atom. The molecule has 0 spiro atoms. The number of nitrogens with zero attached hydrogens (tertiary/aromatic N) is 3. The molecule has 1 amide bonds. The molecule has 0 fully saturated rings. The van der Waals surface area contributed by atoms with E-state index in [1.807, 2.05) is 13.0 Å². The van der Waals surface area contributed by atoms with Crippen LogP contribution in [0.2, 0.25) is 0 Å². The quantitative estimate of drug-likeness (QED) is 0.188. The Hall–Kier alpha value is -1.46. The van der Waals surface area contributed by atoms with Gasteiger partial charge in [-0.25, -0.2) is 4.98 Å². The Labute approximate surface area is 179 Å². The lowest BCUT2D eigenvalue weighted by Crippen LogP contribution is -2.42. The van der Waals surface area contributed by atoms with E-state index < -0.39 is 0 Å². The minimum absolute atomic E-state index is 0. The number of aryl methyl sites for hydroxylation is 1. The number of hydrogen-bond acceptors (Lipinski definition) is 5. The molecule has 0 aliphatic rings. The van der Waals surface area contributed by atoms with Gasteiger partial charge >= 0.3 is 0 Å². The standard InChI is InChI=1S/C18H32N6O2.HI/c1-15-6-7-16(22-14-15)23-17(25)8-9-20-18(19-2)21-10-12-24(3)11-5-13-26-4;/h6-7,14H,5,8-13H2,1-4H3,(H2,19,20,21)(H,22,23,25);1H. The van der Waals surface area contributed by atoms with Crippen molar-refractivity contribution in [1.82, 2.24) is 20.5 Å². The zero-order valence-corrected chi connectivity index (χ0v) is 19.1. The maximum absolute atomic E-state index is 11.9. The van der Waals surface area contributed by atoms with Gasteiger partial charge < -0.3 is 25.6 Å². The average molecular weight is 492 g/mol. The molecule has 0 bridgehead atoms. The number of guanidine groups is 1. The largest absolute Gasteiger partial charge is 0.385 e. The summed E-state index contributed by atoms with van der Waals surface area (Å²) in [5.41, 5.74) is 1.06. The zero-order valence-electron chi connectivity index (χ0n) is 16.7. The van der Waals surface area contributed by atoms with Crippen molar-refractivity contribution < 1.29 is 9.53 Å². The molecule has 1 rings (SSSR count). The van der Waals surface area contributed by atoms with E-state index in [1.54, 1.807) is 26.4 Å². The number of halogens is 1. The summed E-state index contributed by atoms with van der Waals surface area (Å²) >= 11 is 0. The van der Waals surface area contributed by atoms with E-state index in [0.29, 0.717) is 24.7 Å². The highest BCUT2D eigenvalue weighted by molar-refractivity contribution is 14.0. The number of carbonyl (C=O) groups excluding carboxylic acids is 1. The molecule has 0 radical (unpaired) electrons. The molecule has 0 aliphatic heterocycles. The fourth-order valence-corrected chi connectivity index (χ4v) is 2.22. The van der Waals surface area contributed by atoms with Crippen LogP contribution < -0.4 is 16.0 Å². The minimum Gasteiger partial charge on any atom is -0.385 e. The first-order valence-electron chi connectivity index (χ1n) is 8.89. The van der Waals surface area contributed by atoms with Gasteiger partial charge in [-0.05, 0) is 32.0 Å². The summed E-state index contributed by atoms with van der Waals surface area (Å²) in [6.07, 6.45) is 3.09. The fraction of sp³-hybridized carbons (Fsp3) is 0.611. The number of nitrogens with one attached hydrogen (secondary N) is 3. The lowest BCUT2D eigenvalue weighted by atomic mass is 10.3. The van der Waals surface area contributed by atoms with Gasteiger partial charge in [0.25, 0.3) is 0 Å². The summed E-state index contributed by atoms with van der Waals surface area (Å²) < 4.78 is 5.05. The Balaban J connectivity index is 0.00000676. The predicted molar refractivity (Wildman–Crippen MR) is 121 cm³/mol. The van der Waals surface area contributed by atoms with Crippen LogP contribution in [-0.2, 0) is 9.53 Å². The molecular formula is C18H33IN6O2. The highest BCUT2D eigenvalue weighted by Gasteiger charge is 2.05. The molecule has 3 N–H and O–H groups in total. The molecule has 27 heavy (non-hydrogen) atoms. The van der Waals surface area contributed by atoms with Crippen LogP contribution in [0.15, 0.2) is 23.3 Å². The van der Waals surface area contributed by atoms with Crippen molar-refractivity contribution in [2.75, 3.05) is 59.3 Å². The first kappa shape index (κ1) is 25.5. The van der Waals surface area contributed by atoms with Crippen molar-refractivity contribution >= 4 is 41.7 Å². The Morgan fingerprint density at radius 2 is 2.00 bits per heavy atom. The number of ether oxygens (including phenoxy) is 1. The van der Waals surface area contributed by atoms with Crippen LogP contribution in [0.1, 0.15) is 18.4 Å². The number of likely N-dealkylation sites (N-methyl/N-ethyl adjacent to an activating group) is 1. The number of aromatic nitrogens is 1. The van der Waals surface area contributed by atoms with Gasteiger partial charge in [-0.15, -0.1) is 24.0 Å². The van der Waals surface area contributed by atoms with E-state index >= 15 is 0 Å². The Morgan fingerprint density at radius 3 is 2.63 bits per heavy atom. The van der Waals surface area contributed by atoms with Crippen molar-refractivity contribution in [3.63, 3.8) is 0 Å². The number of aliphatic imine (C=N–C) groups is 1. The number of methoxy groups -OCH3 is 1. The molecule has 0 aromatic carbocycles. The number of carbonyl (C=O) groups is 1. The molecule has 0 unspecified atom stereocenters. The normalized spacial score (nSPS) is 11.1. The SMILES string of the molecule is CN=C(NCCC(=O)Nc1ccc(C)cn1)NCCN(C)CCCOC.I. The Kier molecular flexibility index (Phi) is 14.7. The lowest BCUT2D eigenvalue weighted by molar-refractivity contribution is -0.116. The van der Waals surface area contributed by atoms with Crippen LogP contribution in [0.5, 0.6) is 0 Å². The molecule has 0 aliphatic carbocycles. The van der Waals surface area contributed by atoms with Gasteiger partial charge in [0, 0.05) is 59.6 Å². The van der Waals surface area contributed by atoms with Gasteiger partial charge in [0.15, 0.2) is 5.96 Å². The van der Waals surface area contributed by atoms with E-state index in [4.69, 9.17) is 4.74 Å². The van der Waals surface area contributed by atoms with E-state index in [2.05, 4.69) is 37.9 Å². The number of amides is 1. The van der Waals surface area contributed by atoms with Gasteiger partial charge in [0.1, 0.15) is 5.82 Å². The summed E-state index contributed by atoms with van der Waals surface area (Å²) in [7, 11) is 5.51. The number of anilines is 1. The van der Waals surface area contributed by atoms with E-state index in [9.17, 15) is 4.79 Å². The smallest absolute Gasteiger partial charge is 0.227 e. The van der Waals surface area contributed by atoms with E-state index in [0.717, 1.165) is 38.2 Å². The first-order valence-corrected chi connectivity index (χ1v) is 8.89. The molecule has 0 saturated carbocycles. The third-order valence-electron chi connectivity index (χ3n) is 3.72. The van der Waals surface area contributed by atoms with Crippen LogP contribution in [0.4, 0.5) is 5.82 Å². The van der Waals surface area contributed by atoms with E-state index in [-0.39, 0.29) is 29.9 Å². The van der Waals surface area contributed by atoms with Crippen molar-refractivity contribution in [2.45, 2.75) is 19.8 Å². The minimum atomic E-state index is -0.0813. The Bertz CT molecular complexity index is 553. The maximum atomic E-state index is 11.9. The van der Waals surface area contributed by atoms with Gasteiger partial charge in [0.05, 0.1) is 0 Å². The molecule has 1 aromatic rings. The summed E-state index contributed by atoms with van der Waals surface area (Å²) in [6, 6.07) is 3.71. The summed E-state index contributed by atoms with van der Waals surface area (Å²) in [5, 5.41) is 9.16. The second-order valence-electron chi connectivity index (χ2n) is 6.09. The van der Waals surface area contributed by atoms with Crippen molar-refractivity contribution in [3.8, 4) is 0 Å². The molecule has 0 saturated heterocycles. The maximum Gasteiger partial charge on any atom is 0.227 e. The van der Waals surface area contributed by atoms with Crippen molar-refractivity contribution in [3.05, 3.63) is 23.9 Å². The van der Waals surface area contributed by atoms with Crippen molar-refractivity contribution in [2.24, 2.45) is 4.99 Å². The van der Waals surface area contributed by atoms with Crippen LogP contribution >= 0.6 is 24.0 Å². The molecule has 8 nitrogen and oxygen atoms in total.